The van der Waals surface area contributed by atoms with Gasteiger partial charge in [0, 0.05) is 5.02 Å². The van der Waals surface area contributed by atoms with Crippen molar-refractivity contribution in [2.24, 2.45) is 9.98 Å². The molecule has 2 amide bonds. The Bertz CT molecular complexity index is 1360. The third-order valence-corrected chi connectivity index (χ3v) is 4.19. The molecule has 1 aromatic carbocycles. The van der Waals surface area contributed by atoms with Crippen LogP contribution in [0.1, 0.15) is 26.4 Å². The fraction of sp³-hybridized carbons (Fsp3) is 0.0526. The lowest BCUT2D eigenvalue weighted by Gasteiger charge is -2.11. The standard InChI is InChI=1S/C19H11ClN4O10/c20-9-4-2-1-3-8(9)7-24-19(34)12(15(30)17(32)21-5-10(25)26)14(29)13(23-24)16(31)18(33)22-6-11(27)28/h1-6,29H,7H2,(H,25,26)(H,27,28). The van der Waals surface area contributed by atoms with Gasteiger partial charge >= 0.3 is 23.8 Å². The molecule has 0 aliphatic heterocycles. The van der Waals surface area contributed by atoms with Crippen LogP contribution in [0.3, 0.4) is 0 Å². The van der Waals surface area contributed by atoms with Crippen molar-refractivity contribution in [1.82, 2.24) is 9.78 Å². The summed E-state index contributed by atoms with van der Waals surface area (Å²) in [5.41, 5.74) is -3.71. The second-order valence-electron chi connectivity index (χ2n) is 6.09. The molecule has 1 aromatic heterocycles. The number of hydrogen-bond acceptors (Lipinski definition) is 9. The summed E-state index contributed by atoms with van der Waals surface area (Å²) in [5, 5.41) is 31.1. The molecule has 0 aliphatic carbocycles. The number of halogens is 1. The molecule has 14 nitrogen and oxygen atoms in total. The largest absolute Gasteiger partial charge is 0.505 e. The molecule has 0 unspecified atom stereocenters. The van der Waals surface area contributed by atoms with Gasteiger partial charge in [-0.2, -0.15) is 5.10 Å². The van der Waals surface area contributed by atoms with E-state index in [0.29, 0.717) is 4.68 Å². The van der Waals surface area contributed by atoms with E-state index in [0.717, 1.165) is 0 Å². The van der Waals surface area contributed by atoms with Crippen LogP contribution in [0.15, 0.2) is 39.0 Å². The summed E-state index contributed by atoms with van der Waals surface area (Å²) >= 11 is 6.02. The van der Waals surface area contributed by atoms with E-state index in [1.807, 2.05) is 0 Å². The van der Waals surface area contributed by atoms with Gasteiger partial charge in [0.1, 0.15) is 18.0 Å². The molecule has 0 fully saturated rings. The summed E-state index contributed by atoms with van der Waals surface area (Å²) in [4.78, 5) is 88.1. The van der Waals surface area contributed by atoms with E-state index in [1.165, 1.54) is 18.2 Å². The Kier molecular flexibility index (Phi) is 7.96. The third kappa shape index (κ3) is 5.89. The average molecular weight is 491 g/mol. The highest BCUT2D eigenvalue weighted by molar-refractivity contribution is 6.48. The summed E-state index contributed by atoms with van der Waals surface area (Å²) in [6.45, 7) is -0.501. The number of ketones is 2. The van der Waals surface area contributed by atoms with Gasteiger partial charge < -0.3 is 15.3 Å². The van der Waals surface area contributed by atoms with Crippen molar-refractivity contribution in [1.29, 1.82) is 0 Å². The maximum absolute atomic E-state index is 12.8. The molecule has 34 heavy (non-hydrogen) atoms. The number of rotatable bonds is 8. The van der Waals surface area contributed by atoms with Gasteiger partial charge in [-0.3, -0.25) is 24.0 Å². The predicted octanol–water partition coefficient (Wildman–Crippen LogP) is -0.620. The Hall–Kier alpha value is -4.85. The lowest BCUT2D eigenvalue weighted by Crippen LogP contribution is -2.34. The topological polar surface area (TPSA) is 223 Å². The Labute approximate surface area is 192 Å². The number of aromatic nitrogens is 2. The minimum Gasteiger partial charge on any atom is -0.505 e. The van der Waals surface area contributed by atoms with Crippen molar-refractivity contribution < 1.29 is 44.1 Å². The lowest BCUT2D eigenvalue weighted by molar-refractivity contribution is -0.130. The molecule has 0 spiro atoms. The van der Waals surface area contributed by atoms with Gasteiger partial charge in [-0.05, 0) is 11.6 Å². The van der Waals surface area contributed by atoms with Crippen molar-refractivity contribution in [3.63, 3.8) is 0 Å². The van der Waals surface area contributed by atoms with Gasteiger partial charge in [0.25, 0.3) is 17.1 Å². The van der Waals surface area contributed by atoms with Crippen molar-refractivity contribution in [3.05, 3.63) is 56.5 Å². The van der Waals surface area contributed by atoms with Crippen LogP contribution in [-0.2, 0) is 25.7 Å². The van der Waals surface area contributed by atoms with Crippen molar-refractivity contribution in [3.8, 4) is 5.75 Å². The molecule has 0 atom stereocenters. The van der Waals surface area contributed by atoms with Crippen LogP contribution in [0.5, 0.6) is 5.75 Å². The summed E-state index contributed by atoms with van der Waals surface area (Å²) in [6, 6.07) is 5.96. The van der Waals surface area contributed by atoms with Gasteiger partial charge in [-0.15, -0.1) is 0 Å². The number of aromatic hydroxyl groups is 1. The summed E-state index contributed by atoms with van der Waals surface area (Å²) < 4.78 is 0.434. The molecule has 15 heteroatoms. The fourth-order valence-electron chi connectivity index (χ4n) is 2.37. The molecule has 0 aliphatic rings. The molecule has 0 radical (unpaired) electrons. The highest BCUT2D eigenvalue weighted by Gasteiger charge is 2.32. The van der Waals surface area contributed by atoms with Gasteiger partial charge in [0.2, 0.25) is 0 Å². The predicted molar refractivity (Wildman–Crippen MR) is 112 cm³/mol. The van der Waals surface area contributed by atoms with Crippen molar-refractivity contribution in [2.75, 3.05) is 0 Å². The number of Topliss-reactive ketones (excluding diaryl/α,β-unsaturated/α-hetero) is 2. The van der Waals surface area contributed by atoms with Crippen molar-refractivity contribution >= 4 is 59.3 Å². The number of aliphatic imine (C=N–C) groups is 2. The molecule has 1 heterocycles. The van der Waals surface area contributed by atoms with Gasteiger partial charge in [-0.25, -0.2) is 24.3 Å². The van der Waals surface area contributed by atoms with Gasteiger partial charge in [-0.1, -0.05) is 29.8 Å². The maximum atomic E-state index is 12.8. The highest BCUT2D eigenvalue weighted by Crippen LogP contribution is 2.21. The zero-order chi connectivity index (χ0) is 25.6. The molecule has 0 saturated heterocycles. The molecule has 3 N–H and O–H groups in total. The smallest absolute Gasteiger partial charge is 0.347 e. The Morgan fingerprint density at radius 3 is 2.00 bits per heavy atom. The van der Waals surface area contributed by atoms with Crippen LogP contribution in [0.4, 0.5) is 0 Å². The maximum Gasteiger partial charge on any atom is 0.347 e. The number of carboxylic acid groups (broad SMARTS) is 2. The quantitative estimate of drug-likeness (QED) is 0.240. The van der Waals surface area contributed by atoms with Crippen molar-refractivity contribution in [2.45, 2.75) is 6.54 Å². The molecular weight excluding hydrogens is 480 g/mol. The van der Waals surface area contributed by atoms with Crippen LogP contribution in [-0.4, -0.2) is 72.8 Å². The molecule has 2 aromatic rings. The number of carbonyl (C=O) groups is 6. The zero-order valence-corrected chi connectivity index (χ0v) is 17.3. The molecule has 174 valence electrons. The van der Waals surface area contributed by atoms with E-state index in [9.17, 15) is 38.7 Å². The number of carbonyl (C=O) groups excluding carboxylic acids is 4. The van der Waals surface area contributed by atoms with Gasteiger partial charge in [0.05, 0.1) is 6.54 Å². The Morgan fingerprint density at radius 2 is 1.47 bits per heavy atom. The first-order chi connectivity index (χ1) is 15.9. The van der Waals surface area contributed by atoms with Gasteiger partial charge in [0.15, 0.2) is 11.4 Å². The average Bonchev–Trinajstić information content (AvgIpc) is 2.78. The molecule has 0 bridgehead atoms. The van der Waals surface area contributed by atoms with E-state index < -0.39 is 64.4 Å². The summed E-state index contributed by atoms with van der Waals surface area (Å²) in [6.07, 6.45) is 0.129. The first-order valence-corrected chi connectivity index (χ1v) is 9.10. The Morgan fingerprint density at radius 1 is 0.941 bits per heavy atom. The number of benzene rings is 1. The van der Waals surface area contributed by atoms with Crippen LogP contribution >= 0.6 is 11.6 Å². The van der Waals surface area contributed by atoms with E-state index in [1.54, 1.807) is 6.07 Å². The van der Waals surface area contributed by atoms with Crippen LogP contribution in [0, 0.1) is 0 Å². The van der Waals surface area contributed by atoms with Crippen LogP contribution in [0.2, 0.25) is 5.02 Å². The number of aliphatic carboxylic acids is 2. The first kappa shape index (κ1) is 25.4. The van der Waals surface area contributed by atoms with E-state index >= 15 is 0 Å². The number of carboxylic acids is 2. The minimum atomic E-state index is -1.81. The molecule has 2 rings (SSSR count). The fourth-order valence-corrected chi connectivity index (χ4v) is 2.56. The second-order valence-corrected chi connectivity index (χ2v) is 6.50. The number of amides is 2. The summed E-state index contributed by atoms with van der Waals surface area (Å²) in [7, 11) is 0. The lowest BCUT2D eigenvalue weighted by atomic mass is 10.1. The Balaban J connectivity index is 2.71. The van der Waals surface area contributed by atoms with E-state index in [4.69, 9.17) is 21.8 Å². The highest BCUT2D eigenvalue weighted by atomic mass is 35.5. The monoisotopic (exact) mass is 490 g/mol. The van der Waals surface area contributed by atoms with Crippen LogP contribution in [0.25, 0.3) is 0 Å². The SMILES string of the molecule is O=C(O)C=NC(=O)C(=O)c1nn(Cc2ccccc2Cl)c(=O)c(C(=O)C(=O)N=CC(=O)O)c1O. The minimum absolute atomic E-state index is 0.0525. The molecule has 0 saturated carbocycles. The van der Waals surface area contributed by atoms with Crippen LogP contribution < -0.4 is 5.56 Å². The normalized spacial score (nSPS) is 11.0. The third-order valence-electron chi connectivity index (χ3n) is 3.82. The summed E-state index contributed by atoms with van der Waals surface area (Å²) in [5.74, 6) is -11.9. The number of hydrogen-bond donors (Lipinski definition) is 3. The first-order valence-electron chi connectivity index (χ1n) is 8.72. The number of nitrogens with zero attached hydrogens (tertiary/aromatic N) is 4. The zero-order valence-electron chi connectivity index (χ0n) is 16.5. The molecular formula is C19H11ClN4O10. The van der Waals surface area contributed by atoms with E-state index in [-0.39, 0.29) is 23.0 Å². The second kappa shape index (κ2) is 10.6. The van der Waals surface area contributed by atoms with E-state index in [2.05, 4.69) is 15.1 Å².